The van der Waals surface area contributed by atoms with E-state index in [2.05, 4.69) is 44.7 Å². The van der Waals surface area contributed by atoms with Crippen LogP contribution in [0.3, 0.4) is 0 Å². The zero-order chi connectivity index (χ0) is 27.8. The SMILES string of the molecule is C=C(Cc1cc(C)cc2nc(-c3ccc(OC)cc3)oc12)Cc1cc(C)cc2nc(-c3ccc(OC)cc3)oc12. The zero-order valence-electron chi connectivity index (χ0n) is 23.1. The molecule has 200 valence electrons. The molecule has 0 aliphatic heterocycles. The quantitative estimate of drug-likeness (QED) is 0.184. The summed E-state index contributed by atoms with van der Waals surface area (Å²) in [6.07, 6.45) is 1.31. The van der Waals surface area contributed by atoms with E-state index in [0.29, 0.717) is 24.6 Å². The zero-order valence-corrected chi connectivity index (χ0v) is 23.1. The number of methoxy groups -OCH3 is 2. The number of aromatic nitrogens is 2. The lowest BCUT2D eigenvalue weighted by Crippen LogP contribution is -1.97. The first-order valence-electron chi connectivity index (χ1n) is 13.2. The van der Waals surface area contributed by atoms with Gasteiger partial charge in [0, 0.05) is 22.3 Å². The van der Waals surface area contributed by atoms with Gasteiger partial charge in [-0.3, -0.25) is 0 Å². The van der Waals surface area contributed by atoms with Crippen LogP contribution in [0.25, 0.3) is 45.1 Å². The summed E-state index contributed by atoms with van der Waals surface area (Å²) in [7, 11) is 3.31. The molecule has 6 rings (SSSR count). The Morgan fingerprint density at radius 1 is 0.650 bits per heavy atom. The first-order valence-corrected chi connectivity index (χ1v) is 13.2. The summed E-state index contributed by atoms with van der Waals surface area (Å²) in [5.74, 6) is 2.76. The van der Waals surface area contributed by atoms with Gasteiger partial charge < -0.3 is 18.3 Å². The van der Waals surface area contributed by atoms with Crippen molar-refractivity contribution in [1.82, 2.24) is 9.97 Å². The third-order valence-electron chi connectivity index (χ3n) is 6.98. The van der Waals surface area contributed by atoms with Gasteiger partial charge in [-0.05, 0) is 98.5 Å². The Hall–Kier alpha value is -4.84. The van der Waals surface area contributed by atoms with Crippen molar-refractivity contribution >= 4 is 22.2 Å². The fourth-order valence-corrected chi connectivity index (χ4v) is 5.09. The Morgan fingerprint density at radius 2 is 1.05 bits per heavy atom. The minimum Gasteiger partial charge on any atom is -0.497 e. The first kappa shape index (κ1) is 25.4. The van der Waals surface area contributed by atoms with E-state index in [0.717, 1.165) is 72.7 Å². The van der Waals surface area contributed by atoms with Crippen molar-refractivity contribution < 1.29 is 18.3 Å². The lowest BCUT2D eigenvalue weighted by atomic mass is 9.97. The van der Waals surface area contributed by atoms with Gasteiger partial charge in [0.25, 0.3) is 0 Å². The van der Waals surface area contributed by atoms with Crippen LogP contribution in [0.2, 0.25) is 0 Å². The van der Waals surface area contributed by atoms with Crippen LogP contribution >= 0.6 is 0 Å². The van der Waals surface area contributed by atoms with E-state index < -0.39 is 0 Å². The number of ether oxygens (including phenoxy) is 2. The number of allylic oxidation sites excluding steroid dienone is 1. The molecule has 6 heteroatoms. The summed E-state index contributed by atoms with van der Waals surface area (Å²) in [5, 5.41) is 0. The number of aryl methyl sites for hydroxylation is 2. The molecule has 0 atom stereocenters. The Bertz CT molecular complexity index is 1710. The standard InChI is InChI=1S/C34H30N2O4/c1-20(14-25-16-21(2)18-29-31(25)39-33(35-29)23-6-10-27(37-4)11-7-23)15-26-17-22(3)19-30-32(26)40-34(36-30)24-8-12-28(38-5)13-9-24/h6-13,16-19H,1,14-15H2,2-5H3. The lowest BCUT2D eigenvalue weighted by molar-refractivity contribution is 0.414. The van der Waals surface area contributed by atoms with Crippen LogP contribution in [-0.2, 0) is 12.8 Å². The number of hydrogen-bond donors (Lipinski definition) is 0. The van der Waals surface area contributed by atoms with Crippen molar-refractivity contribution in [2.75, 3.05) is 14.2 Å². The summed E-state index contributed by atoms with van der Waals surface area (Å²) in [4.78, 5) is 9.56. The molecule has 0 amide bonds. The fraction of sp³-hybridized carbons (Fsp3) is 0.176. The molecule has 0 aliphatic rings. The molecule has 2 aromatic heterocycles. The summed E-state index contributed by atoms with van der Waals surface area (Å²) in [6.45, 7) is 8.59. The third-order valence-corrected chi connectivity index (χ3v) is 6.98. The van der Waals surface area contributed by atoms with E-state index >= 15 is 0 Å². The van der Waals surface area contributed by atoms with Crippen LogP contribution in [0.4, 0.5) is 0 Å². The van der Waals surface area contributed by atoms with E-state index in [9.17, 15) is 0 Å². The van der Waals surface area contributed by atoms with E-state index in [1.54, 1.807) is 14.2 Å². The maximum atomic E-state index is 6.29. The molecular weight excluding hydrogens is 500 g/mol. The molecule has 0 saturated heterocycles. The maximum Gasteiger partial charge on any atom is 0.227 e. The third kappa shape index (κ3) is 4.96. The summed E-state index contributed by atoms with van der Waals surface area (Å²) in [5.41, 5.74) is 10.5. The highest BCUT2D eigenvalue weighted by molar-refractivity contribution is 5.82. The molecule has 0 N–H and O–H groups in total. The minimum atomic E-state index is 0.586. The molecule has 0 aliphatic carbocycles. The number of fused-ring (bicyclic) bond motifs is 2. The summed E-state index contributed by atoms with van der Waals surface area (Å²) in [6, 6.07) is 23.9. The Labute approximate surface area is 232 Å². The lowest BCUT2D eigenvalue weighted by Gasteiger charge is -2.09. The molecule has 0 spiro atoms. The van der Waals surface area contributed by atoms with Gasteiger partial charge >= 0.3 is 0 Å². The van der Waals surface area contributed by atoms with Gasteiger partial charge in [0.15, 0.2) is 11.2 Å². The van der Waals surface area contributed by atoms with E-state index in [1.807, 2.05) is 48.5 Å². The van der Waals surface area contributed by atoms with Crippen LogP contribution in [-0.4, -0.2) is 24.2 Å². The number of rotatable bonds is 8. The molecule has 40 heavy (non-hydrogen) atoms. The van der Waals surface area contributed by atoms with Crippen LogP contribution < -0.4 is 9.47 Å². The largest absolute Gasteiger partial charge is 0.497 e. The van der Waals surface area contributed by atoms with Gasteiger partial charge in [0.05, 0.1) is 14.2 Å². The number of oxazole rings is 2. The minimum absolute atomic E-state index is 0.586. The van der Waals surface area contributed by atoms with Crippen LogP contribution in [0.5, 0.6) is 11.5 Å². The molecule has 0 unspecified atom stereocenters. The molecule has 0 fully saturated rings. The van der Waals surface area contributed by atoms with Gasteiger partial charge in [0.2, 0.25) is 11.8 Å². The normalized spacial score (nSPS) is 11.3. The van der Waals surface area contributed by atoms with E-state index in [4.69, 9.17) is 28.3 Å². The highest BCUT2D eigenvalue weighted by atomic mass is 16.5. The Balaban J connectivity index is 1.29. The van der Waals surface area contributed by atoms with Crippen molar-refractivity contribution in [3.8, 4) is 34.4 Å². The average molecular weight is 531 g/mol. The molecular formula is C34H30N2O4. The molecule has 0 radical (unpaired) electrons. The van der Waals surface area contributed by atoms with E-state index in [1.165, 1.54) is 0 Å². The number of hydrogen-bond acceptors (Lipinski definition) is 6. The van der Waals surface area contributed by atoms with Crippen molar-refractivity contribution in [2.45, 2.75) is 26.7 Å². The van der Waals surface area contributed by atoms with Crippen molar-refractivity contribution in [3.63, 3.8) is 0 Å². The predicted molar refractivity (Wildman–Crippen MR) is 158 cm³/mol. The van der Waals surface area contributed by atoms with Crippen LogP contribution in [0, 0.1) is 13.8 Å². The Morgan fingerprint density at radius 3 is 1.43 bits per heavy atom. The van der Waals surface area contributed by atoms with Crippen molar-refractivity contribution in [3.05, 3.63) is 107 Å². The summed E-state index contributed by atoms with van der Waals surface area (Å²) >= 11 is 0. The van der Waals surface area contributed by atoms with E-state index in [-0.39, 0.29) is 0 Å². The molecule has 0 saturated carbocycles. The topological polar surface area (TPSA) is 70.5 Å². The van der Waals surface area contributed by atoms with Gasteiger partial charge in [-0.25, -0.2) is 9.97 Å². The van der Waals surface area contributed by atoms with Gasteiger partial charge in [-0.15, -0.1) is 0 Å². The van der Waals surface area contributed by atoms with Crippen LogP contribution in [0.1, 0.15) is 22.3 Å². The fourth-order valence-electron chi connectivity index (χ4n) is 5.09. The highest BCUT2D eigenvalue weighted by Gasteiger charge is 2.17. The van der Waals surface area contributed by atoms with Gasteiger partial charge in [0.1, 0.15) is 22.5 Å². The predicted octanol–water partition coefficient (Wildman–Crippen LogP) is 8.28. The average Bonchev–Trinajstić information content (AvgIpc) is 3.58. The number of benzene rings is 4. The van der Waals surface area contributed by atoms with Gasteiger partial charge in [-0.2, -0.15) is 0 Å². The Kier molecular flexibility index (Phi) is 6.60. The molecule has 2 heterocycles. The van der Waals surface area contributed by atoms with Gasteiger partial charge in [-0.1, -0.05) is 24.3 Å². The molecule has 0 bridgehead atoms. The van der Waals surface area contributed by atoms with Crippen LogP contribution in [0.15, 0.2) is 93.8 Å². The molecule has 4 aromatic carbocycles. The second-order valence-corrected chi connectivity index (χ2v) is 10.1. The highest BCUT2D eigenvalue weighted by Crippen LogP contribution is 2.32. The second kappa shape index (κ2) is 10.4. The molecule has 6 aromatic rings. The van der Waals surface area contributed by atoms with Crippen molar-refractivity contribution in [1.29, 1.82) is 0 Å². The molecule has 6 nitrogen and oxygen atoms in total. The van der Waals surface area contributed by atoms with Crippen molar-refractivity contribution in [2.24, 2.45) is 0 Å². The smallest absolute Gasteiger partial charge is 0.227 e. The number of nitrogens with zero attached hydrogens (tertiary/aromatic N) is 2. The monoisotopic (exact) mass is 530 g/mol. The first-order chi connectivity index (χ1) is 19.4. The second-order valence-electron chi connectivity index (χ2n) is 10.1. The summed E-state index contributed by atoms with van der Waals surface area (Å²) < 4.78 is 23.1. The maximum absolute atomic E-state index is 6.29.